The Morgan fingerprint density at radius 2 is 2.11 bits per heavy atom. The molecule has 0 aromatic carbocycles. The van der Waals surface area contributed by atoms with Gasteiger partial charge in [-0.05, 0) is 30.7 Å². The number of hydrogen-bond acceptors (Lipinski definition) is 3. The molecule has 1 heterocycles. The van der Waals surface area contributed by atoms with Gasteiger partial charge in [-0.25, -0.2) is 4.79 Å². The Kier molecular flexibility index (Phi) is 2.81. The van der Waals surface area contributed by atoms with Crippen molar-refractivity contribution in [1.29, 1.82) is 0 Å². The molecule has 3 atom stereocenters. The highest BCUT2D eigenvalue weighted by Gasteiger charge is 2.39. The van der Waals surface area contributed by atoms with Crippen molar-refractivity contribution in [1.82, 2.24) is 4.98 Å². The summed E-state index contributed by atoms with van der Waals surface area (Å²) in [5.41, 5.74) is 0.516. The first-order chi connectivity index (χ1) is 9.13. The summed E-state index contributed by atoms with van der Waals surface area (Å²) in [7, 11) is 0. The van der Waals surface area contributed by atoms with Gasteiger partial charge in [0.15, 0.2) is 0 Å². The van der Waals surface area contributed by atoms with E-state index < -0.39 is 5.97 Å². The number of allylic oxidation sites excluding steroid dienone is 2. The molecule has 2 aliphatic carbocycles. The minimum Gasteiger partial charge on any atom is -0.478 e. The molecule has 2 N–H and O–H groups in total. The summed E-state index contributed by atoms with van der Waals surface area (Å²) in [6, 6.07) is 1.43. The van der Waals surface area contributed by atoms with Gasteiger partial charge in [-0.2, -0.15) is 0 Å². The first-order valence-corrected chi connectivity index (χ1v) is 6.31. The number of amides is 1. The summed E-state index contributed by atoms with van der Waals surface area (Å²) >= 11 is 0. The zero-order valence-electron chi connectivity index (χ0n) is 10.2. The van der Waals surface area contributed by atoms with Gasteiger partial charge >= 0.3 is 5.97 Å². The van der Waals surface area contributed by atoms with Crippen molar-refractivity contribution >= 4 is 17.6 Å². The number of pyridine rings is 1. The van der Waals surface area contributed by atoms with Gasteiger partial charge in [-0.3, -0.25) is 9.78 Å². The van der Waals surface area contributed by atoms with Crippen LogP contribution in [0, 0.1) is 17.8 Å². The third-order valence-corrected chi connectivity index (χ3v) is 3.87. The molecule has 1 saturated carbocycles. The van der Waals surface area contributed by atoms with E-state index in [1.165, 1.54) is 18.5 Å². The smallest absolute Gasteiger partial charge is 0.337 e. The molecule has 1 fully saturated rings. The predicted octanol–water partition coefficient (Wildman–Crippen LogP) is 1.93. The Morgan fingerprint density at radius 1 is 1.26 bits per heavy atom. The molecule has 5 heteroatoms. The van der Waals surface area contributed by atoms with Crippen molar-refractivity contribution in [3.8, 4) is 0 Å². The quantitative estimate of drug-likeness (QED) is 0.812. The molecule has 3 unspecified atom stereocenters. The Bertz CT molecular complexity index is 568. The highest BCUT2D eigenvalue weighted by Crippen LogP contribution is 2.43. The van der Waals surface area contributed by atoms with Crippen molar-refractivity contribution in [2.45, 2.75) is 12.8 Å². The fourth-order valence-electron chi connectivity index (χ4n) is 2.94. The van der Waals surface area contributed by atoms with Gasteiger partial charge in [0, 0.05) is 12.1 Å². The molecule has 98 valence electrons. The number of hydrogen-bond donors (Lipinski definition) is 2. The van der Waals surface area contributed by atoms with E-state index >= 15 is 0 Å². The Morgan fingerprint density at radius 3 is 2.74 bits per heavy atom. The number of carboxylic acids is 1. The highest BCUT2D eigenvalue weighted by atomic mass is 16.4. The molecule has 1 aromatic rings. The molecule has 0 radical (unpaired) electrons. The second-order valence-electron chi connectivity index (χ2n) is 5.14. The second kappa shape index (κ2) is 4.50. The molecule has 1 aromatic heterocycles. The molecular weight excluding hydrogens is 244 g/mol. The summed E-state index contributed by atoms with van der Waals surface area (Å²) in [6.45, 7) is 0. The average Bonchev–Trinajstić information content (AvgIpc) is 3.01. The molecule has 0 spiro atoms. The maximum atomic E-state index is 12.2. The van der Waals surface area contributed by atoms with Crippen LogP contribution in [-0.4, -0.2) is 22.0 Å². The van der Waals surface area contributed by atoms with Crippen LogP contribution in [0.2, 0.25) is 0 Å². The van der Waals surface area contributed by atoms with E-state index in [-0.39, 0.29) is 17.4 Å². The number of aromatic carboxylic acids is 1. The van der Waals surface area contributed by atoms with Crippen molar-refractivity contribution in [3.63, 3.8) is 0 Å². The van der Waals surface area contributed by atoms with Gasteiger partial charge < -0.3 is 10.4 Å². The first kappa shape index (κ1) is 11.9. The third kappa shape index (κ3) is 2.23. The van der Waals surface area contributed by atoms with Crippen LogP contribution in [0.15, 0.2) is 30.6 Å². The zero-order valence-corrected chi connectivity index (χ0v) is 10.2. The van der Waals surface area contributed by atoms with Crippen LogP contribution in [0.25, 0.3) is 0 Å². The lowest BCUT2D eigenvalue weighted by Crippen LogP contribution is -2.26. The van der Waals surface area contributed by atoms with Crippen LogP contribution in [0.5, 0.6) is 0 Å². The molecule has 19 heavy (non-hydrogen) atoms. The van der Waals surface area contributed by atoms with Gasteiger partial charge in [0.25, 0.3) is 0 Å². The van der Waals surface area contributed by atoms with Gasteiger partial charge in [0.05, 0.1) is 17.4 Å². The minimum atomic E-state index is -1.05. The fraction of sp³-hybridized carbons (Fsp3) is 0.357. The van der Waals surface area contributed by atoms with Crippen LogP contribution in [0.1, 0.15) is 23.2 Å². The van der Waals surface area contributed by atoms with E-state index in [1.807, 2.05) is 0 Å². The SMILES string of the molecule is O=C(O)c1cncc(NC(=O)C2CC3C=CC2C3)c1. The molecule has 2 bridgehead atoms. The maximum Gasteiger partial charge on any atom is 0.337 e. The molecule has 0 aliphatic heterocycles. The lowest BCUT2D eigenvalue weighted by atomic mass is 9.93. The lowest BCUT2D eigenvalue weighted by Gasteiger charge is -2.17. The van der Waals surface area contributed by atoms with Crippen LogP contribution in [-0.2, 0) is 4.79 Å². The lowest BCUT2D eigenvalue weighted by molar-refractivity contribution is -0.120. The van der Waals surface area contributed by atoms with Crippen LogP contribution in [0.3, 0.4) is 0 Å². The largest absolute Gasteiger partial charge is 0.478 e. The summed E-state index contributed by atoms with van der Waals surface area (Å²) in [4.78, 5) is 26.8. The normalized spacial score (nSPS) is 27.5. The molecule has 2 aliphatic rings. The van der Waals surface area contributed by atoms with Gasteiger partial charge in [-0.15, -0.1) is 0 Å². The van der Waals surface area contributed by atoms with Gasteiger partial charge in [-0.1, -0.05) is 12.2 Å². The highest BCUT2D eigenvalue weighted by molar-refractivity contribution is 5.95. The standard InChI is InChI=1S/C14H14N2O3/c17-13(12-4-8-1-2-9(12)3-8)16-11-5-10(14(18)19)6-15-7-11/h1-2,5-9,12H,3-4H2,(H,16,17)(H,18,19). The Hall–Kier alpha value is -2.17. The summed E-state index contributed by atoms with van der Waals surface area (Å²) in [5.74, 6) is -0.221. The third-order valence-electron chi connectivity index (χ3n) is 3.87. The topological polar surface area (TPSA) is 79.3 Å². The maximum absolute atomic E-state index is 12.2. The Balaban J connectivity index is 1.71. The van der Waals surface area contributed by atoms with Crippen molar-refractivity contribution in [2.24, 2.45) is 17.8 Å². The number of nitrogens with one attached hydrogen (secondary N) is 1. The number of anilines is 1. The molecule has 0 saturated heterocycles. The van der Waals surface area contributed by atoms with E-state index in [1.54, 1.807) is 0 Å². The molecule has 5 nitrogen and oxygen atoms in total. The number of carbonyl (C=O) groups excluding carboxylic acids is 1. The van der Waals surface area contributed by atoms with Crippen LogP contribution in [0.4, 0.5) is 5.69 Å². The number of nitrogens with zero attached hydrogens (tertiary/aromatic N) is 1. The monoisotopic (exact) mass is 258 g/mol. The molecule has 3 rings (SSSR count). The Labute approximate surface area is 110 Å². The van der Waals surface area contributed by atoms with E-state index in [0.717, 1.165) is 12.8 Å². The zero-order chi connectivity index (χ0) is 13.4. The number of rotatable bonds is 3. The van der Waals surface area contributed by atoms with Crippen LogP contribution >= 0.6 is 0 Å². The van der Waals surface area contributed by atoms with E-state index in [0.29, 0.717) is 17.5 Å². The van der Waals surface area contributed by atoms with Crippen LogP contribution < -0.4 is 5.32 Å². The second-order valence-corrected chi connectivity index (χ2v) is 5.14. The van der Waals surface area contributed by atoms with Gasteiger partial charge in [0.2, 0.25) is 5.91 Å². The predicted molar refractivity (Wildman–Crippen MR) is 68.7 cm³/mol. The fourth-order valence-corrected chi connectivity index (χ4v) is 2.94. The number of fused-ring (bicyclic) bond motifs is 2. The number of carbonyl (C=O) groups is 2. The first-order valence-electron chi connectivity index (χ1n) is 6.31. The summed E-state index contributed by atoms with van der Waals surface area (Å²) < 4.78 is 0. The number of aromatic nitrogens is 1. The van der Waals surface area contributed by atoms with Crippen molar-refractivity contribution < 1.29 is 14.7 Å². The summed E-state index contributed by atoms with van der Waals surface area (Å²) in [5, 5.41) is 11.6. The van der Waals surface area contributed by atoms with Crippen molar-refractivity contribution in [2.75, 3.05) is 5.32 Å². The van der Waals surface area contributed by atoms with Gasteiger partial charge in [0.1, 0.15) is 0 Å². The number of carboxylic acid groups (broad SMARTS) is 1. The van der Waals surface area contributed by atoms with Crippen molar-refractivity contribution in [3.05, 3.63) is 36.2 Å². The average molecular weight is 258 g/mol. The molecule has 1 amide bonds. The van der Waals surface area contributed by atoms with E-state index in [2.05, 4.69) is 22.5 Å². The molecular formula is C14H14N2O3. The summed E-state index contributed by atoms with van der Waals surface area (Å²) in [6.07, 6.45) is 8.97. The minimum absolute atomic E-state index is 0.00323. The van der Waals surface area contributed by atoms with E-state index in [9.17, 15) is 9.59 Å². The van der Waals surface area contributed by atoms with E-state index in [4.69, 9.17) is 5.11 Å².